The summed E-state index contributed by atoms with van der Waals surface area (Å²) < 4.78 is 0. The van der Waals surface area contributed by atoms with E-state index in [0.717, 1.165) is 21.6 Å². The molecule has 0 spiro atoms. The summed E-state index contributed by atoms with van der Waals surface area (Å²) in [6, 6.07) is 6.37. The fourth-order valence-electron chi connectivity index (χ4n) is 2.49. The average Bonchev–Trinajstić information content (AvgIpc) is 3.01. The van der Waals surface area contributed by atoms with E-state index in [-0.39, 0.29) is 41.1 Å². The molecule has 1 N–H and O–H groups in total. The third kappa shape index (κ3) is 2.90. The zero-order valence-electron chi connectivity index (χ0n) is 12.5. The summed E-state index contributed by atoms with van der Waals surface area (Å²) in [7, 11) is 0. The maximum Gasteiger partial charge on any atom is 0.288 e. The van der Waals surface area contributed by atoms with Crippen LogP contribution in [0.1, 0.15) is 20.7 Å². The summed E-state index contributed by atoms with van der Waals surface area (Å²) >= 11 is 0.919. The Balaban J connectivity index is 1.53. The zero-order valence-corrected chi connectivity index (χ0v) is 13.3. The predicted octanol–water partition coefficient (Wildman–Crippen LogP) is 0.0942. The van der Waals surface area contributed by atoms with Crippen LogP contribution >= 0.6 is 11.8 Å². The van der Waals surface area contributed by atoms with Gasteiger partial charge in [-0.1, -0.05) is 23.9 Å². The minimum Gasteiger partial charge on any atom is -0.353 e. The molecular formula is C15H13N3O5S. The highest BCUT2D eigenvalue weighted by molar-refractivity contribution is 8.14. The zero-order chi connectivity index (χ0) is 17.3. The molecule has 9 heteroatoms. The number of carbonyl (C=O) groups excluding carboxylic acids is 5. The van der Waals surface area contributed by atoms with E-state index in [1.165, 1.54) is 12.1 Å². The van der Waals surface area contributed by atoms with Crippen molar-refractivity contribution >= 4 is 40.6 Å². The van der Waals surface area contributed by atoms with Crippen LogP contribution in [0.4, 0.5) is 4.79 Å². The third-order valence-corrected chi connectivity index (χ3v) is 4.54. The van der Waals surface area contributed by atoms with E-state index in [4.69, 9.17) is 0 Å². The quantitative estimate of drug-likeness (QED) is 0.758. The van der Waals surface area contributed by atoms with Crippen molar-refractivity contribution in [2.24, 2.45) is 0 Å². The van der Waals surface area contributed by atoms with Crippen LogP contribution in [-0.2, 0) is 9.59 Å². The van der Waals surface area contributed by atoms with Crippen molar-refractivity contribution < 1.29 is 24.0 Å². The number of nitrogens with one attached hydrogen (secondary N) is 1. The van der Waals surface area contributed by atoms with Gasteiger partial charge in [0.1, 0.15) is 6.54 Å². The summed E-state index contributed by atoms with van der Waals surface area (Å²) in [5, 5.41) is 2.17. The summed E-state index contributed by atoms with van der Waals surface area (Å²) in [5.41, 5.74) is 0.557. The molecule has 0 radical (unpaired) electrons. The Morgan fingerprint density at radius 2 is 1.67 bits per heavy atom. The number of thioether (sulfide) groups is 1. The van der Waals surface area contributed by atoms with Crippen LogP contribution in [0.2, 0.25) is 0 Å². The number of fused-ring (bicyclic) bond motifs is 1. The summed E-state index contributed by atoms with van der Waals surface area (Å²) in [6.07, 6.45) is 0. The average molecular weight is 347 g/mol. The SMILES string of the molecule is O=C(CN1C(=O)c2ccccc2C1=O)NCCN1C(=O)CSC1=O. The summed E-state index contributed by atoms with van der Waals surface area (Å²) in [5.74, 6) is -1.73. The molecule has 5 amide bonds. The molecule has 0 saturated carbocycles. The first-order valence-electron chi connectivity index (χ1n) is 7.18. The normalized spacial score (nSPS) is 16.8. The summed E-state index contributed by atoms with van der Waals surface area (Å²) in [4.78, 5) is 61.0. The van der Waals surface area contributed by atoms with Gasteiger partial charge in [0.15, 0.2) is 0 Å². The van der Waals surface area contributed by atoms with Gasteiger partial charge >= 0.3 is 0 Å². The molecule has 0 unspecified atom stereocenters. The molecule has 1 saturated heterocycles. The smallest absolute Gasteiger partial charge is 0.288 e. The van der Waals surface area contributed by atoms with Crippen molar-refractivity contribution in [3.8, 4) is 0 Å². The van der Waals surface area contributed by atoms with Crippen molar-refractivity contribution in [1.29, 1.82) is 0 Å². The van der Waals surface area contributed by atoms with Crippen LogP contribution in [-0.4, -0.2) is 64.1 Å². The lowest BCUT2D eigenvalue weighted by Gasteiger charge is -2.15. The second kappa shape index (κ2) is 6.44. The van der Waals surface area contributed by atoms with Crippen molar-refractivity contribution in [2.45, 2.75) is 0 Å². The number of rotatable bonds is 5. The second-order valence-electron chi connectivity index (χ2n) is 5.19. The lowest BCUT2D eigenvalue weighted by molar-refractivity contribution is -0.125. The van der Waals surface area contributed by atoms with E-state index in [1.807, 2.05) is 0 Å². The molecule has 124 valence electrons. The van der Waals surface area contributed by atoms with Crippen LogP contribution in [0.15, 0.2) is 24.3 Å². The molecule has 2 aliphatic heterocycles. The van der Waals surface area contributed by atoms with Gasteiger partial charge in [0.2, 0.25) is 11.8 Å². The Bertz CT molecular complexity index is 712. The van der Waals surface area contributed by atoms with Gasteiger partial charge in [-0.3, -0.25) is 33.8 Å². The standard InChI is InChI=1S/C15H13N3O5S/c19-11(16-5-6-17-12(20)8-24-15(17)23)7-18-13(21)9-3-1-2-4-10(9)14(18)22/h1-4H,5-8H2,(H,16,19). The number of benzene rings is 1. The van der Waals surface area contributed by atoms with E-state index >= 15 is 0 Å². The highest BCUT2D eigenvalue weighted by atomic mass is 32.2. The maximum atomic E-state index is 12.1. The third-order valence-electron chi connectivity index (χ3n) is 3.68. The number of hydrogen-bond acceptors (Lipinski definition) is 6. The molecule has 3 rings (SSSR count). The number of amides is 5. The fraction of sp³-hybridized carbons (Fsp3) is 0.267. The lowest BCUT2D eigenvalue weighted by atomic mass is 10.1. The van der Waals surface area contributed by atoms with Crippen molar-refractivity contribution in [1.82, 2.24) is 15.1 Å². The molecule has 1 aromatic rings. The minimum absolute atomic E-state index is 0.0680. The topological polar surface area (TPSA) is 104 Å². The highest BCUT2D eigenvalue weighted by Gasteiger charge is 2.36. The van der Waals surface area contributed by atoms with Gasteiger partial charge < -0.3 is 5.32 Å². The fourth-order valence-corrected chi connectivity index (χ4v) is 3.24. The first kappa shape index (κ1) is 16.2. The molecule has 2 aliphatic rings. The predicted molar refractivity (Wildman–Crippen MR) is 84.4 cm³/mol. The molecule has 24 heavy (non-hydrogen) atoms. The van der Waals surface area contributed by atoms with Gasteiger partial charge in [0.05, 0.1) is 16.9 Å². The van der Waals surface area contributed by atoms with Gasteiger partial charge in [-0.05, 0) is 12.1 Å². The van der Waals surface area contributed by atoms with Crippen molar-refractivity contribution in [3.63, 3.8) is 0 Å². The van der Waals surface area contributed by atoms with E-state index in [1.54, 1.807) is 12.1 Å². The Kier molecular flexibility index (Phi) is 4.34. The molecular weight excluding hydrogens is 334 g/mol. The van der Waals surface area contributed by atoms with Crippen LogP contribution in [0.5, 0.6) is 0 Å². The Labute approximate surface area is 141 Å². The molecule has 0 aliphatic carbocycles. The first-order chi connectivity index (χ1) is 11.5. The Morgan fingerprint density at radius 3 is 2.21 bits per heavy atom. The Hall–Kier alpha value is -2.68. The van der Waals surface area contributed by atoms with Crippen LogP contribution in [0.25, 0.3) is 0 Å². The number of hydrogen-bond donors (Lipinski definition) is 1. The number of imide groups is 2. The molecule has 1 fully saturated rings. The Morgan fingerprint density at radius 1 is 1.04 bits per heavy atom. The monoisotopic (exact) mass is 347 g/mol. The van der Waals surface area contributed by atoms with Crippen molar-refractivity contribution in [2.75, 3.05) is 25.4 Å². The molecule has 2 heterocycles. The van der Waals surface area contributed by atoms with Crippen LogP contribution in [0, 0.1) is 0 Å². The van der Waals surface area contributed by atoms with Gasteiger partial charge in [-0.25, -0.2) is 0 Å². The maximum absolute atomic E-state index is 12.1. The number of nitrogens with zero attached hydrogens (tertiary/aromatic N) is 2. The minimum atomic E-state index is -0.531. The lowest BCUT2D eigenvalue weighted by Crippen LogP contribution is -2.43. The van der Waals surface area contributed by atoms with Gasteiger partial charge in [0.25, 0.3) is 17.1 Å². The van der Waals surface area contributed by atoms with Crippen LogP contribution in [0.3, 0.4) is 0 Å². The van der Waals surface area contributed by atoms with Crippen molar-refractivity contribution in [3.05, 3.63) is 35.4 Å². The molecule has 0 aromatic heterocycles. The van der Waals surface area contributed by atoms with Crippen LogP contribution < -0.4 is 5.32 Å². The largest absolute Gasteiger partial charge is 0.353 e. The van der Waals surface area contributed by atoms with Gasteiger partial charge in [-0.15, -0.1) is 0 Å². The van der Waals surface area contributed by atoms with Gasteiger partial charge in [0, 0.05) is 13.1 Å². The molecule has 0 atom stereocenters. The molecule has 1 aromatic carbocycles. The number of carbonyl (C=O) groups is 5. The molecule has 0 bridgehead atoms. The highest BCUT2D eigenvalue weighted by Crippen LogP contribution is 2.22. The van der Waals surface area contributed by atoms with E-state index < -0.39 is 24.3 Å². The first-order valence-corrected chi connectivity index (χ1v) is 8.16. The van der Waals surface area contributed by atoms with Gasteiger partial charge in [-0.2, -0.15) is 0 Å². The summed E-state index contributed by atoms with van der Waals surface area (Å²) in [6.45, 7) is -0.262. The van der Waals surface area contributed by atoms with E-state index in [0.29, 0.717) is 0 Å². The van der Waals surface area contributed by atoms with E-state index in [2.05, 4.69) is 5.32 Å². The second-order valence-corrected chi connectivity index (χ2v) is 6.12. The van der Waals surface area contributed by atoms with E-state index in [9.17, 15) is 24.0 Å². The molecule has 8 nitrogen and oxygen atoms in total.